The van der Waals surface area contributed by atoms with Crippen molar-refractivity contribution in [2.24, 2.45) is 0 Å². The molecule has 2 N–H and O–H groups in total. The molecule has 1 saturated carbocycles. The summed E-state index contributed by atoms with van der Waals surface area (Å²) in [6.07, 6.45) is 2.90. The highest BCUT2D eigenvalue weighted by atomic mass is 32.2. The quantitative estimate of drug-likeness (QED) is 0.574. The summed E-state index contributed by atoms with van der Waals surface area (Å²) < 4.78 is 27.2. The third-order valence-corrected chi connectivity index (χ3v) is 4.53. The Morgan fingerprint density at radius 1 is 1.29 bits per heavy atom. The highest BCUT2D eigenvalue weighted by molar-refractivity contribution is 7.87. The van der Waals surface area contributed by atoms with Crippen molar-refractivity contribution in [2.75, 3.05) is 40.3 Å². The van der Waals surface area contributed by atoms with Crippen molar-refractivity contribution in [3.8, 4) is 0 Å². The van der Waals surface area contributed by atoms with E-state index in [0.717, 1.165) is 6.54 Å². The summed E-state index contributed by atoms with van der Waals surface area (Å²) in [6.45, 7) is 1.51. The number of aliphatic hydroxyl groups excluding tert-OH is 1. The Morgan fingerprint density at radius 2 is 1.94 bits per heavy atom. The molecule has 7 heteroatoms. The summed E-state index contributed by atoms with van der Waals surface area (Å²) in [5, 5.41) is 8.65. The monoisotopic (exact) mass is 265 g/mol. The van der Waals surface area contributed by atoms with Crippen LogP contribution in [0.15, 0.2) is 0 Å². The number of nitrogens with zero attached hydrogens (tertiary/aromatic N) is 2. The molecule has 1 fully saturated rings. The Bertz CT molecular complexity index is 317. The van der Waals surface area contributed by atoms with E-state index in [1.807, 2.05) is 7.05 Å². The predicted molar refractivity (Wildman–Crippen MR) is 66.9 cm³/mol. The van der Waals surface area contributed by atoms with Crippen LogP contribution in [0, 0.1) is 0 Å². The van der Waals surface area contributed by atoms with E-state index < -0.39 is 10.2 Å². The average Bonchev–Trinajstić information content (AvgIpc) is 3.09. The van der Waals surface area contributed by atoms with Crippen LogP contribution in [0.25, 0.3) is 0 Å². The van der Waals surface area contributed by atoms with Gasteiger partial charge in [0.05, 0.1) is 0 Å². The van der Waals surface area contributed by atoms with Crippen LogP contribution in [-0.2, 0) is 10.2 Å². The van der Waals surface area contributed by atoms with E-state index in [4.69, 9.17) is 5.11 Å². The first kappa shape index (κ1) is 14.8. The van der Waals surface area contributed by atoms with Crippen LogP contribution in [0.4, 0.5) is 0 Å². The van der Waals surface area contributed by atoms with Gasteiger partial charge in [0.2, 0.25) is 0 Å². The lowest BCUT2D eigenvalue weighted by atomic mass is 10.5. The minimum Gasteiger partial charge on any atom is -0.396 e. The minimum absolute atomic E-state index is 0.00424. The fourth-order valence-electron chi connectivity index (χ4n) is 1.57. The zero-order valence-electron chi connectivity index (χ0n) is 10.6. The van der Waals surface area contributed by atoms with Crippen molar-refractivity contribution in [3.63, 3.8) is 0 Å². The number of hydrogen-bond acceptors (Lipinski definition) is 4. The molecule has 0 unspecified atom stereocenters. The highest BCUT2D eigenvalue weighted by Gasteiger charge is 2.26. The van der Waals surface area contributed by atoms with Gasteiger partial charge in [-0.2, -0.15) is 12.7 Å². The van der Waals surface area contributed by atoms with Gasteiger partial charge < -0.3 is 10.0 Å². The van der Waals surface area contributed by atoms with Crippen molar-refractivity contribution in [1.82, 2.24) is 13.9 Å². The summed E-state index contributed by atoms with van der Waals surface area (Å²) in [4.78, 5) is 2.18. The van der Waals surface area contributed by atoms with E-state index in [9.17, 15) is 8.42 Å². The maximum atomic E-state index is 11.7. The lowest BCUT2D eigenvalue weighted by Crippen LogP contribution is -2.42. The van der Waals surface area contributed by atoms with E-state index in [0.29, 0.717) is 25.6 Å². The van der Waals surface area contributed by atoms with Gasteiger partial charge in [-0.25, -0.2) is 4.72 Å². The molecule has 6 nitrogen and oxygen atoms in total. The van der Waals surface area contributed by atoms with Crippen LogP contribution in [0.5, 0.6) is 0 Å². The molecule has 1 rings (SSSR count). The highest BCUT2D eigenvalue weighted by Crippen LogP contribution is 2.24. The Hall–Kier alpha value is -0.210. The molecule has 0 bridgehead atoms. The molecule has 0 radical (unpaired) electrons. The smallest absolute Gasteiger partial charge is 0.279 e. The summed E-state index contributed by atoms with van der Waals surface area (Å²) in [6, 6.07) is 0.645. The van der Waals surface area contributed by atoms with Crippen molar-refractivity contribution in [1.29, 1.82) is 0 Å². The van der Waals surface area contributed by atoms with E-state index in [1.165, 1.54) is 24.2 Å². The van der Waals surface area contributed by atoms with Gasteiger partial charge in [0, 0.05) is 39.3 Å². The first-order valence-electron chi connectivity index (χ1n) is 5.99. The molecule has 1 aliphatic carbocycles. The molecule has 0 heterocycles. The van der Waals surface area contributed by atoms with Gasteiger partial charge in [-0.05, 0) is 26.3 Å². The standard InChI is InChI=1S/C10H23N3O3S/c1-12(10-4-5-10)8-6-11-17(15,16)13(2)7-3-9-14/h10-11,14H,3-9H2,1-2H3. The Kier molecular flexibility index (Phi) is 5.81. The average molecular weight is 265 g/mol. The molecule has 0 spiro atoms. The second kappa shape index (κ2) is 6.65. The van der Waals surface area contributed by atoms with Gasteiger partial charge in [0.15, 0.2) is 0 Å². The Balaban J connectivity index is 2.23. The molecule has 102 valence electrons. The first-order valence-corrected chi connectivity index (χ1v) is 7.43. The van der Waals surface area contributed by atoms with Gasteiger partial charge in [-0.1, -0.05) is 0 Å². The molecule has 0 aromatic carbocycles. The molecule has 0 aromatic heterocycles. The molecule has 0 amide bonds. The largest absolute Gasteiger partial charge is 0.396 e. The summed E-state index contributed by atoms with van der Waals surface area (Å²) in [5.74, 6) is 0. The van der Waals surface area contributed by atoms with Gasteiger partial charge in [0.1, 0.15) is 0 Å². The second-order valence-electron chi connectivity index (χ2n) is 4.51. The number of aliphatic hydroxyl groups is 1. The third-order valence-electron chi connectivity index (χ3n) is 2.96. The van der Waals surface area contributed by atoms with Gasteiger partial charge >= 0.3 is 0 Å². The van der Waals surface area contributed by atoms with Crippen LogP contribution in [0.3, 0.4) is 0 Å². The molecule has 0 aromatic rings. The zero-order chi connectivity index (χ0) is 12.9. The van der Waals surface area contributed by atoms with Crippen molar-refractivity contribution < 1.29 is 13.5 Å². The third kappa shape index (κ3) is 5.31. The number of nitrogens with one attached hydrogen (secondary N) is 1. The predicted octanol–water partition coefficient (Wildman–Crippen LogP) is -0.771. The lowest BCUT2D eigenvalue weighted by Gasteiger charge is -2.19. The minimum atomic E-state index is -3.39. The second-order valence-corrected chi connectivity index (χ2v) is 6.37. The van der Waals surface area contributed by atoms with Gasteiger partial charge in [0.25, 0.3) is 10.2 Å². The van der Waals surface area contributed by atoms with E-state index >= 15 is 0 Å². The van der Waals surface area contributed by atoms with Crippen molar-refractivity contribution in [2.45, 2.75) is 25.3 Å². The maximum absolute atomic E-state index is 11.7. The van der Waals surface area contributed by atoms with Gasteiger partial charge in [-0.15, -0.1) is 0 Å². The molecule has 0 atom stereocenters. The van der Waals surface area contributed by atoms with Crippen molar-refractivity contribution in [3.05, 3.63) is 0 Å². The molecular formula is C10H23N3O3S. The Morgan fingerprint density at radius 3 is 2.47 bits per heavy atom. The summed E-state index contributed by atoms with van der Waals surface area (Å²) >= 11 is 0. The van der Waals surface area contributed by atoms with E-state index in [-0.39, 0.29) is 6.61 Å². The number of hydrogen-bond donors (Lipinski definition) is 2. The fraction of sp³-hybridized carbons (Fsp3) is 1.00. The summed E-state index contributed by atoms with van der Waals surface area (Å²) in [7, 11) is 0.144. The van der Waals surface area contributed by atoms with Crippen LogP contribution in [0.1, 0.15) is 19.3 Å². The zero-order valence-corrected chi connectivity index (χ0v) is 11.4. The normalized spacial score (nSPS) is 17.0. The Labute approximate surface area is 104 Å². The van der Waals surface area contributed by atoms with E-state index in [1.54, 1.807) is 0 Å². The fourth-order valence-corrected chi connectivity index (χ4v) is 2.51. The molecular weight excluding hydrogens is 242 g/mol. The van der Waals surface area contributed by atoms with Crippen LogP contribution in [0.2, 0.25) is 0 Å². The summed E-state index contributed by atoms with van der Waals surface area (Å²) in [5.41, 5.74) is 0. The maximum Gasteiger partial charge on any atom is 0.279 e. The van der Waals surface area contributed by atoms with Crippen LogP contribution >= 0.6 is 0 Å². The SMILES string of the molecule is CN(CCNS(=O)(=O)N(C)CCCO)C1CC1. The molecule has 17 heavy (non-hydrogen) atoms. The van der Waals surface area contributed by atoms with Crippen molar-refractivity contribution >= 4 is 10.2 Å². The molecule has 0 saturated heterocycles. The van der Waals surface area contributed by atoms with Gasteiger partial charge in [-0.3, -0.25) is 0 Å². The van der Waals surface area contributed by atoms with Crippen LogP contribution in [-0.4, -0.2) is 69.1 Å². The number of rotatable bonds is 9. The topological polar surface area (TPSA) is 72.9 Å². The molecule has 1 aliphatic rings. The molecule has 0 aliphatic heterocycles. The van der Waals surface area contributed by atoms with E-state index in [2.05, 4.69) is 9.62 Å². The van der Waals surface area contributed by atoms with Crippen LogP contribution < -0.4 is 4.72 Å². The lowest BCUT2D eigenvalue weighted by molar-refractivity contribution is 0.275. The first-order chi connectivity index (χ1) is 7.97. The number of likely N-dealkylation sites (N-methyl/N-ethyl adjacent to an activating group) is 1.